The summed E-state index contributed by atoms with van der Waals surface area (Å²) in [7, 11) is 0. The predicted octanol–water partition coefficient (Wildman–Crippen LogP) is 2.56. The minimum atomic E-state index is 0.411. The highest BCUT2D eigenvalue weighted by atomic mass is 16.3. The summed E-state index contributed by atoms with van der Waals surface area (Å²) >= 11 is 0. The van der Waals surface area contributed by atoms with Crippen molar-refractivity contribution >= 4 is 0 Å². The molecule has 2 unspecified atom stereocenters. The van der Waals surface area contributed by atoms with Gasteiger partial charge in [-0.2, -0.15) is 0 Å². The number of hydrogen-bond donors (Lipinski definition) is 1. The zero-order valence-electron chi connectivity index (χ0n) is 10.6. The number of nitrogens with zero attached hydrogens (tertiary/aromatic N) is 1. The van der Waals surface area contributed by atoms with E-state index in [0.29, 0.717) is 12.1 Å². The molecule has 2 atom stereocenters. The van der Waals surface area contributed by atoms with Crippen LogP contribution in [-0.2, 0) is 0 Å². The lowest BCUT2D eigenvalue weighted by molar-refractivity contribution is 0.131. The van der Waals surface area contributed by atoms with E-state index in [4.69, 9.17) is 4.42 Å². The van der Waals surface area contributed by atoms with Crippen LogP contribution >= 0.6 is 0 Å². The third kappa shape index (κ3) is 2.72. The van der Waals surface area contributed by atoms with Crippen LogP contribution in [0.5, 0.6) is 0 Å². The minimum Gasteiger partial charge on any atom is -0.468 e. The van der Waals surface area contributed by atoms with Crippen molar-refractivity contribution in [1.29, 1.82) is 0 Å². The fourth-order valence-electron chi connectivity index (χ4n) is 2.79. The third-order valence-corrected chi connectivity index (χ3v) is 4.00. The largest absolute Gasteiger partial charge is 0.468 e. The van der Waals surface area contributed by atoms with Gasteiger partial charge in [0.2, 0.25) is 0 Å². The van der Waals surface area contributed by atoms with Gasteiger partial charge in [-0.05, 0) is 51.3 Å². The predicted molar refractivity (Wildman–Crippen MR) is 67.9 cm³/mol. The van der Waals surface area contributed by atoms with Gasteiger partial charge in [0.15, 0.2) is 0 Å². The number of rotatable bonds is 4. The lowest BCUT2D eigenvalue weighted by Crippen LogP contribution is -2.47. The van der Waals surface area contributed by atoms with Gasteiger partial charge in [-0.25, -0.2) is 0 Å². The highest BCUT2D eigenvalue weighted by molar-refractivity contribution is 5.04. The molecular weight excluding hydrogens is 212 g/mol. The molecule has 0 aromatic carbocycles. The van der Waals surface area contributed by atoms with Crippen molar-refractivity contribution in [3.8, 4) is 0 Å². The topological polar surface area (TPSA) is 28.4 Å². The van der Waals surface area contributed by atoms with Gasteiger partial charge in [-0.15, -0.1) is 0 Å². The second kappa shape index (κ2) is 4.83. The van der Waals surface area contributed by atoms with Gasteiger partial charge in [0.05, 0.1) is 12.3 Å². The van der Waals surface area contributed by atoms with Gasteiger partial charge in [-0.3, -0.25) is 4.90 Å². The van der Waals surface area contributed by atoms with E-state index in [1.807, 2.05) is 6.07 Å². The number of furan rings is 1. The normalized spacial score (nSPS) is 28.2. The first-order valence-corrected chi connectivity index (χ1v) is 6.86. The summed E-state index contributed by atoms with van der Waals surface area (Å²) in [6, 6.07) is 5.99. The van der Waals surface area contributed by atoms with E-state index >= 15 is 0 Å². The van der Waals surface area contributed by atoms with Crippen molar-refractivity contribution in [1.82, 2.24) is 10.2 Å². The Morgan fingerprint density at radius 2 is 2.24 bits per heavy atom. The van der Waals surface area contributed by atoms with E-state index in [2.05, 4.69) is 23.2 Å². The van der Waals surface area contributed by atoms with Crippen LogP contribution in [0.4, 0.5) is 0 Å². The van der Waals surface area contributed by atoms with E-state index in [9.17, 15) is 0 Å². The van der Waals surface area contributed by atoms with Crippen LogP contribution in [0.1, 0.15) is 44.4 Å². The maximum atomic E-state index is 5.52. The zero-order chi connectivity index (χ0) is 11.7. The molecule has 0 bridgehead atoms. The van der Waals surface area contributed by atoms with Crippen molar-refractivity contribution in [3.05, 3.63) is 24.2 Å². The molecule has 3 rings (SSSR count). The molecule has 1 aliphatic heterocycles. The number of nitrogens with one attached hydrogen (secondary N) is 1. The third-order valence-electron chi connectivity index (χ3n) is 4.00. The van der Waals surface area contributed by atoms with Crippen molar-refractivity contribution < 1.29 is 4.42 Å². The molecule has 0 amide bonds. The molecule has 1 saturated heterocycles. The van der Waals surface area contributed by atoms with Crippen LogP contribution in [0.3, 0.4) is 0 Å². The lowest BCUT2D eigenvalue weighted by atomic mass is 10.0. The van der Waals surface area contributed by atoms with Crippen LogP contribution in [0.25, 0.3) is 0 Å². The molecule has 0 spiro atoms. The quantitative estimate of drug-likeness (QED) is 0.868. The Hall–Kier alpha value is -0.800. The summed E-state index contributed by atoms with van der Waals surface area (Å²) in [6.45, 7) is 4.61. The number of piperidine rings is 1. The monoisotopic (exact) mass is 234 g/mol. The zero-order valence-corrected chi connectivity index (χ0v) is 10.6. The Labute approximate surface area is 103 Å². The van der Waals surface area contributed by atoms with Crippen molar-refractivity contribution in [2.45, 2.75) is 50.7 Å². The Balaban J connectivity index is 1.58. The molecular formula is C14H22N2O. The van der Waals surface area contributed by atoms with E-state index in [0.717, 1.165) is 11.8 Å². The summed E-state index contributed by atoms with van der Waals surface area (Å²) in [5, 5.41) is 3.75. The molecule has 3 heteroatoms. The SMILES string of the molecule is CC(c1ccco1)N1CCCC(NC2CC2)C1. The molecule has 2 heterocycles. The Morgan fingerprint density at radius 3 is 2.94 bits per heavy atom. The van der Waals surface area contributed by atoms with Gasteiger partial charge < -0.3 is 9.73 Å². The molecule has 3 nitrogen and oxygen atoms in total. The van der Waals surface area contributed by atoms with Crippen LogP contribution in [0.2, 0.25) is 0 Å². The van der Waals surface area contributed by atoms with Gasteiger partial charge in [0.1, 0.15) is 5.76 Å². The van der Waals surface area contributed by atoms with Crippen LogP contribution in [-0.4, -0.2) is 30.1 Å². The van der Waals surface area contributed by atoms with Gasteiger partial charge in [0, 0.05) is 18.6 Å². The second-order valence-corrected chi connectivity index (χ2v) is 5.47. The second-order valence-electron chi connectivity index (χ2n) is 5.47. The maximum Gasteiger partial charge on any atom is 0.120 e. The molecule has 1 saturated carbocycles. The van der Waals surface area contributed by atoms with Gasteiger partial charge in [-0.1, -0.05) is 0 Å². The van der Waals surface area contributed by atoms with Crippen molar-refractivity contribution in [2.24, 2.45) is 0 Å². The molecule has 2 fully saturated rings. The highest BCUT2D eigenvalue weighted by Gasteiger charge is 2.29. The Morgan fingerprint density at radius 1 is 1.35 bits per heavy atom. The average Bonchev–Trinajstić information content (AvgIpc) is 2.99. The maximum absolute atomic E-state index is 5.52. The number of likely N-dealkylation sites (tertiary alicyclic amines) is 1. The van der Waals surface area contributed by atoms with Gasteiger partial charge >= 0.3 is 0 Å². The Kier molecular flexibility index (Phi) is 3.21. The fourth-order valence-corrected chi connectivity index (χ4v) is 2.79. The standard InChI is InChI=1S/C14H22N2O/c1-11(14-5-3-9-17-14)16-8-2-4-13(10-16)15-12-6-7-12/h3,5,9,11-13,15H,2,4,6-8,10H2,1H3. The average molecular weight is 234 g/mol. The molecule has 17 heavy (non-hydrogen) atoms. The molecule has 1 aromatic heterocycles. The Bertz CT molecular complexity index is 345. The van der Waals surface area contributed by atoms with E-state index in [1.54, 1.807) is 6.26 Å². The van der Waals surface area contributed by atoms with Crippen LogP contribution in [0, 0.1) is 0 Å². The van der Waals surface area contributed by atoms with Gasteiger partial charge in [0.25, 0.3) is 0 Å². The first kappa shape index (κ1) is 11.3. The summed E-state index contributed by atoms with van der Waals surface area (Å²) in [5.41, 5.74) is 0. The summed E-state index contributed by atoms with van der Waals surface area (Å²) in [4.78, 5) is 2.54. The molecule has 1 aromatic rings. The van der Waals surface area contributed by atoms with E-state index in [1.165, 1.54) is 38.8 Å². The number of hydrogen-bond acceptors (Lipinski definition) is 3. The fraction of sp³-hybridized carbons (Fsp3) is 0.714. The van der Waals surface area contributed by atoms with Crippen LogP contribution < -0.4 is 5.32 Å². The summed E-state index contributed by atoms with van der Waals surface area (Å²) in [5.74, 6) is 1.09. The van der Waals surface area contributed by atoms with Crippen molar-refractivity contribution in [3.63, 3.8) is 0 Å². The first-order chi connectivity index (χ1) is 8.33. The minimum absolute atomic E-state index is 0.411. The highest BCUT2D eigenvalue weighted by Crippen LogP contribution is 2.26. The lowest BCUT2D eigenvalue weighted by Gasteiger charge is -2.36. The molecule has 1 aliphatic carbocycles. The van der Waals surface area contributed by atoms with E-state index < -0.39 is 0 Å². The smallest absolute Gasteiger partial charge is 0.120 e. The van der Waals surface area contributed by atoms with Crippen molar-refractivity contribution in [2.75, 3.05) is 13.1 Å². The summed E-state index contributed by atoms with van der Waals surface area (Å²) in [6.07, 6.45) is 7.16. The van der Waals surface area contributed by atoms with Crippen LogP contribution in [0.15, 0.2) is 22.8 Å². The molecule has 94 valence electrons. The first-order valence-electron chi connectivity index (χ1n) is 6.86. The molecule has 1 N–H and O–H groups in total. The molecule has 2 aliphatic rings. The molecule has 0 radical (unpaired) electrons. The van der Waals surface area contributed by atoms with E-state index in [-0.39, 0.29) is 0 Å². The summed E-state index contributed by atoms with van der Waals surface area (Å²) < 4.78 is 5.52.